The summed E-state index contributed by atoms with van der Waals surface area (Å²) in [6, 6.07) is 5.50. The molecule has 1 aromatic rings. The van der Waals surface area contributed by atoms with Crippen LogP contribution in [0, 0.1) is 0 Å². The molecule has 7 nitrogen and oxygen atoms in total. The minimum atomic E-state index is -0.556. The van der Waals surface area contributed by atoms with Crippen molar-refractivity contribution >= 4 is 11.6 Å². The van der Waals surface area contributed by atoms with Gasteiger partial charge in [0.15, 0.2) is 0 Å². The van der Waals surface area contributed by atoms with Crippen molar-refractivity contribution in [3.63, 3.8) is 0 Å². The summed E-state index contributed by atoms with van der Waals surface area (Å²) in [5.74, 6) is 1.40. The van der Waals surface area contributed by atoms with Gasteiger partial charge in [0.05, 0.1) is 19.9 Å². The number of carbonyl (C=O) groups is 1. The average molecular weight is 333 g/mol. The van der Waals surface area contributed by atoms with E-state index < -0.39 is 6.10 Å². The largest absolute Gasteiger partial charge is 0.497 e. The molecular weight excluding hydrogens is 310 g/mol. The van der Waals surface area contributed by atoms with Crippen LogP contribution in [0.4, 0.5) is 0 Å². The topological polar surface area (TPSA) is 63.6 Å². The average Bonchev–Trinajstić information content (AvgIpc) is 3.11. The molecule has 0 saturated carbocycles. The lowest BCUT2D eigenvalue weighted by Gasteiger charge is -2.33. The Morgan fingerprint density at radius 2 is 1.96 bits per heavy atom. The monoisotopic (exact) mass is 333 g/mol. The summed E-state index contributed by atoms with van der Waals surface area (Å²) in [5, 5.41) is 4.13. The number of piperazine rings is 1. The molecule has 2 heterocycles. The molecular formula is C17H23N3O4. The van der Waals surface area contributed by atoms with Crippen molar-refractivity contribution < 1.29 is 19.1 Å². The second-order valence-electron chi connectivity index (χ2n) is 6.03. The summed E-state index contributed by atoms with van der Waals surface area (Å²) in [4.78, 5) is 22.1. The lowest BCUT2D eigenvalue weighted by Crippen LogP contribution is -2.50. The van der Waals surface area contributed by atoms with Gasteiger partial charge in [-0.3, -0.25) is 4.79 Å². The third kappa shape index (κ3) is 3.31. The van der Waals surface area contributed by atoms with Crippen LogP contribution in [0.25, 0.3) is 0 Å². The highest BCUT2D eigenvalue weighted by Crippen LogP contribution is 2.29. The van der Waals surface area contributed by atoms with Crippen molar-refractivity contribution in [2.45, 2.75) is 12.5 Å². The molecule has 7 heteroatoms. The molecule has 24 heavy (non-hydrogen) atoms. The fraction of sp³-hybridized carbons (Fsp3) is 0.529. The number of rotatable bonds is 4. The Morgan fingerprint density at radius 1 is 1.21 bits per heavy atom. The van der Waals surface area contributed by atoms with Gasteiger partial charge in [-0.25, -0.2) is 0 Å². The van der Waals surface area contributed by atoms with Gasteiger partial charge >= 0.3 is 0 Å². The van der Waals surface area contributed by atoms with E-state index in [2.05, 4.69) is 17.1 Å². The van der Waals surface area contributed by atoms with Gasteiger partial charge in [-0.1, -0.05) is 5.16 Å². The maximum absolute atomic E-state index is 12.6. The maximum Gasteiger partial charge on any atom is 0.266 e. The van der Waals surface area contributed by atoms with Crippen molar-refractivity contribution in [3.05, 3.63) is 23.8 Å². The van der Waals surface area contributed by atoms with E-state index in [-0.39, 0.29) is 5.91 Å². The van der Waals surface area contributed by atoms with E-state index in [1.165, 1.54) is 0 Å². The number of methoxy groups -OCH3 is 2. The molecule has 1 atom stereocenters. The Morgan fingerprint density at radius 3 is 2.62 bits per heavy atom. The van der Waals surface area contributed by atoms with Crippen LogP contribution >= 0.6 is 0 Å². The third-order valence-corrected chi connectivity index (χ3v) is 4.48. The third-order valence-electron chi connectivity index (χ3n) is 4.48. The van der Waals surface area contributed by atoms with Gasteiger partial charge < -0.3 is 24.1 Å². The molecule has 1 fully saturated rings. The van der Waals surface area contributed by atoms with Gasteiger partial charge in [-0.15, -0.1) is 0 Å². The number of benzene rings is 1. The first kappa shape index (κ1) is 16.6. The Labute approximate surface area is 141 Å². The highest BCUT2D eigenvalue weighted by atomic mass is 16.6. The molecule has 1 aromatic carbocycles. The zero-order chi connectivity index (χ0) is 17.1. The Balaban J connectivity index is 1.70. The highest BCUT2D eigenvalue weighted by molar-refractivity contribution is 6.06. The zero-order valence-electron chi connectivity index (χ0n) is 14.3. The SMILES string of the molecule is COc1ccc(OC)c(C2=NO[C@H](C(=O)N3CCN(C)CC3)C2)c1. The molecule has 0 aliphatic carbocycles. The van der Waals surface area contributed by atoms with Crippen LogP contribution < -0.4 is 9.47 Å². The summed E-state index contributed by atoms with van der Waals surface area (Å²) in [6.45, 7) is 3.23. The molecule has 130 valence electrons. The summed E-state index contributed by atoms with van der Waals surface area (Å²) in [6.07, 6.45) is -0.117. The summed E-state index contributed by atoms with van der Waals surface area (Å²) >= 11 is 0. The molecule has 0 aromatic heterocycles. The Hall–Kier alpha value is -2.28. The standard InChI is InChI=1S/C17H23N3O4/c1-19-6-8-20(9-7-19)17(21)16-11-14(18-24-16)13-10-12(22-2)4-5-15(13)23-3/h4-5,10,16H,6-9,11H2,1-3H3/t16-/m0/s1. The predicted octanol–water partition coefficient (Wildman–Crippen LogP) is 0.971. The van der Waals surface area contributed by atoms with E-state index in [0.29, 0.717) is 23.6 Å². The van der Waals surface area contributed by atoms with Crippen LogP contribution in [0.2, 0.25) is 0 Å². The van der Waals surface area contributed by atoms with Crippen LogP contribution in [-0.4, -0.2) is 75.0 Å². The van der Waals surface area contributed by atoms with Gasteiger partial charge in [-0.2, -0.15) is 0 Å². The van der Waals surface area contributed by atoms with E-state index in [4.69, 9.17) is 14.3 Å². The highest BCUT2D eigenvalue weighted by Gasteiger charge is 2.34. The van der Waals surface area contributed by atoms with Crippen molar-refractivity contribution in [2.24, 2.45) is 5.16 Å². The van der Waals surface area contributed by atoms with Gasteiger partial charge in [0.1, 0.15) is 11.5 Å². The minimum Gasteiger partial charge on any atom is -0.497 e. The fourth-order valence-electron chi connectivity index (χ4n) is 2.94. The van der Waals surface area contributed by atoms with E-state index in [1.54, 1.807) is 14.2 Å². The van der Waals surface area contributed by atoms with Crippen LogP contribution in [0.15, 0.2) is 23.4 Å². The number of likely N-dealkylation sites (N-methyl/N-ethyl adjacent to an activating group) is 1. The molecule has 0 N–H and O–H groups in total. The van der Waals surface area contributed by atoms with Gasteiger partial charge in [0.25, 0.3) is 5.91 Å². The number of amides is 1. The predicted molar refractivity (Wildman–Crippen MR) is 89.7 cm³/mol. The first-order valence-electron chi connectivity index (χ1n) is 8.04. The molecule has 1 amide bonds. The second kappa shape index (κ2) is 7.09. The van der Waals surface area contributed by atoms with Crippen LogP contribution in [0.5, 0.6) is 11.5 Å². The van der Waals surface area contributed by atoms with E-state index in [9.17, 15) is 4.79 Å². The van der Waals surface area contributed by atoms with Gasteiger partial charge in [-0.05, 0) is 25.2 Å². The van der Waals surface area contributed by atoms with Gasteiger partial charge in [0.2, 0.25) is 6.10 Å². The van der Waals surface area contributed by atoms with Crippen molar-refractivity contribution in [1.82, 2.24) is 9.80 Å². The minimum absolute atomic E-state index is 0.00344. The molecule has 0 spiro atoms. The van der Waals surface area contributed by atoms with Crippen LogP contribution in [-0.2, 0) is 9.63 Å². The Bertz CT molecular complexity index is 639. The number of hydrogen-bond acceptors (Lipinski definition) is 6. The summed E-state index contributed by atoms with van der Waals surface area (Å²) < 4.78 is 10.7. The van der Waals surface area contributed by atoms with E-state index >= 15 is 0 Å². The van der Waals surface area contributed by atoms with Crippen LogP contribution in [0.3, 0.4) is 0 Å². The number of carbonyl (C=O) groups excluding carboxylic acids is 1. The molecule has 0 unspecified atom stereocenters. The van der Waals surface area contributed by atoms with Crippen molar-refractivity contribution in [1.29, 1.82) is 0 Å². The Kier molecular flexibility index (Phi) is 4.89. The fourth-order valence-corrected chi connectivity index (χ4v) is 2.94. The number of hydrogen-bond donors (Lipinski definition) is 0. The summed E-state index contributed by atoms with van der Waals surface area (Å²) in [5.41, 5.74) is 1.50. The second-order valence-corrected chi connectivity index (χ2v) is 6.03. The smallest absolute Gasteiger partial charge is 0.266 e. The molecule has 2 aliphatic heterocycles. The molecule has 0 bridgehead atoms. The maximum atomic E-state index is 12.6. The summed E-state index contributed by atoms with van der Waals surface area (Å²) in [7, 11) is 5.27. The first-order chi connectivity index (χ1) is 11.6. The normalized spacial score (nSPS) is 21.2. The van der Waals surface area contributed by atoms with E-state index in [1.807, 2.05) is 23.1 Å². The molecule has 3 rings (SSSR count). The first-order valence-corrected chi connectivity index (χ1v) is 8.04. The van der Waals surface area contributed by atoms with Crippen molar-refractivity contribution in [3.8, 4) is 11.5 Å². The van der Waals surface area contributed by atoms with Gasteiger partial charge in [0, 0.05) is 38.2 Å². The molecule has 0 radical (unpaired) electrons. The van der Waals surface area contributed by atoms with Crippen molar-refractivity contribution in [2.75, 3.05) is 47.4 Å². The number of oxime groups is 1. The van der Waals surface area contributed by atoms with Crippen LogP contribution in [0.1, 0.15) is 12.0 Å². The zero-order valence-corrected chi connectivity index (χ0v) is 14.3. The number of ether oxygens (including phenoxy) is 2. The molecule has 2 aliphatic rings. The van der Waals surface area contributed by atoms with E-state index in [0.717, 1.165) is 31.7 Å². The number of nitrogens with zero attached hydrogens (tertiary/aromatic N) is 3. The lowest BCUT2D eigenvalue weighted by atomic mass is 10.0. The lowest BCUT2D eigenvalue weighted by molar-refractivity contribution is -0.143. The molecule has 1 saturated heterocycles. The quantitative estimate of drug-likeness (QED) is 0.822.